The van der Waals surface area contributed by atoms with Crippen molar-refractivity contribution in [3.63, 3.8) is 0 Å². The Labute approximate surface area is 117 Å². The van der Waals surface area contributed by atoms with Crippen LogP contribution in [0.5, 0.6) is 0 Å². The third-order valence-electron chi connectivity index (χ3n) is 3.65. The first-order valence-electron chi connectivity index (χ1n) is 7.10. The molecule has 19 heavy (non-hydrogen) atoms. The van der Waals surface area contributed by atoms with E-state index >= 15 is 0 Å². The van der Waals surface area contributed by atoms with Gasteiger partial charge in [-0.2, -0.15) is 0 Å². The number of halogens is 1. The Bertz CT molecular complexity index is 379. The number of likely N-dealkylation sites (N-methyl/N-ethyl adjacent to an activating group) is 1. The molecule has 2 unspecified atom stereocenters. The summed E-state index contributed by atoms with van der Waals surface area (Å²) in [6.07, 6.45) is 0. The molecule has 3 heteroatoms. The zero-order valence-electron chi connectivity index (χ0n) is 12.8. The Hall–Kier alpha value is -0.930. The van der Waals surface area contributed by atoms with Gasteiger partial charge in [-0.15, -0.1) is 0 Å². The highest BCUT2D eigenvalue weighted by Gasteiger charge is 2.19. The average Bonchev–Trinajstić information content (AvgIpc) is 2.37. The maximum absolute atomic E-state index is 13.8. The highest BCUT2D eigenvalue weighted by Crippen LogP contribution is 2.22. The zero-order valence-corrected chi connectivity index (χ0v) is 12.8. The minimum atomic E-state index is -0.121. The molecule has 0 saturated heterocycles. The SMILES string of the molecule is CC(C)CNCC(C)N(C)C(C)c1ccccc1F. The Kier molecular flexibility index (Phi) is 6.46. The van der Waals surface area contributed by atoms with Crippen LogP contribution in [0.25, 0.3) is 0 Å². The first-order chi connectivity index (χ1) is 8.93. The molecule has 108 valence electrons. The van der Waals surface area contributed by atoms with Crippen LogP contribution in [0.4, 0.5) is 4.39 Å². The van der Waals surface area contributed by atoms with Crippen LogP contribution in [-0.4, -0.2) is 31.1 Å². The van der Waals surface area contributed by atoms with Crippen LogP contribution < -0.4 is 5.32 Å². The maximum atomic E-state index is 13.8. The fourth-order valence-corrected chi connectivity index (χ4v) is 2.14. The zero-order chi connectivity index (χ0) is 14.4. The molecule has 1 aromatic rings. The van der Waals surface area contributed by atoms with Crippen LogP contribution in [0.15, 0.2) is 24.3 Å². The Morgan fingerprint density at radius 3 is 2.32 bits per heavy atom. The smallest absolute Gasteiger partial charge is 0.127 e. The third kappa shape index (κ3) is 4.92. The molecule has 0 saturated carbocycles. The second kappa shape index (κ2) is 7.61. The standard InChI is InChI=1S/C16H27FN2/c1-12(2)10-18-11-13(3)19(5)14(4)15-8-6-7-9-16(15)17/h6-9,12-14,18H,10-11H2,1-5H3. The van der Waals surface area contributed by atoms with Crippen LogP contribution in [0, 0.1) is 11.7 Å². The van der Waals surface area contributed by atoms with Gasteiger partial charge in [0, 0.05) is 24.2 Å². The van der Waals surface area contributed by atoms with E-state index in [1.54, 1.807) is 6.07 Å². The lowest BCUT2D eigenvalue weighted by Gasteiger charge is -2.31. The highest BCUT2D eigenvalue weighted by atomic mass is 19.1. The van der Waals surface area contributed by atoms with Crippen molar-refractivity contribution < 1.29 is 4.39 Å². The molecular weight excluding hydrogens is 239 g/mol. The first-order valence-corrected chi connectivity index (χ1v) is 7.10. The van der Waals surface area contributed by atoms with Crippen molar-refractivity contribution in [2.24, 2.45) is 5.92 Å². The molecule has 0 aliphatic rings. The summed E-state index contributed by atoms with van der Waals surface area (Å²) in [6, 6.07) is 7.47. The van der Waals surface area contributed by atoms with E-state index < -0.39 is 0 Å². The number of benzene rings is 1. The fraction of sp³-hybridized carbons (Fsp3) is 0.625. The Morgan fingerprint density at radius 2 is 1.74 bits per heavy atom. The number of hydrogen-bond acceptors (Lipinski definition) is 2. The van der Waals surface area contributed by atoms with E-state index in [2.05, 4.69) is 45.0 Å². The van der Waals surface area contributed by atoms with Crippen molar-refractivity contribution in [2.45, 2.75) is 39.8 Å². The van der Waals surface area contributed by atoms with Gasteiger partial charge < -0.3 is 5.32 Å². The summed E-state index contributed by atoms with van der Waals surface area (Å²) in [5, 5.41) is 3.45. The molecule has 0 amide bonds. The first kappa shape index (κ1) is 16.1. The predicted molar refractivity (Wildman–Crippen MR) is 79.7 cm³/mol. The van der Waals surface area contributed by atoms with Crippen molar-refractivity contribution in [2.75, 3.05) is 20.1 Å². The number of rotatable bonds is 7. The monoisotopic (exact) mass is 266 g/mol. The van der Waals surface area contributed by atoms with Gasteiger partial charge in [0.2, 0.25) is 0 Å². The Balaban J connectivity index is 2.56. The molecule has 0 heterocycles. The van der Waals surface area contributed by atoms with Gasteiger partial charge in [0.15, 0.2) is 0 Å². The molecular formula is C16H27FN2. The highest BCUT2D eigenvalue weighted by molar-refractivity contribution is 5.20. The van der Waals surface area contributed by atoms with E-state index in [0.717, 1.165) is 18.7 Å². The molecule has 0 radical (unpaired) electrons. The largest absolute Gasteiger partial charge is 0.315 e. The van der Waals surface area contributed by atoms with Crippen molar-refractivity contribution in [3.05, 3.63) is 35.6 Å². The topological polar surface area (TPSA) is 15.3 Å². The van der Waals surface area contributed by atoms with E-state index in [0.29, 0.717) is 12.0 Å². The average molecular weight is 266 g/mol. The molecule has 1 N–H and O–H groups in total. The quantitative estimate of drug-likeness (QED) is 0.813. The molecule has 2 nitrogen and oxygen atoms in total. The lowest BCUT2D eigenvalue weighted by molar-refractivity contribution is 0.189. The molecule has 0 aliphatic carbocycles. The fourth-order valence-electron chi connectivity index (χ4n) is 2.14. The van der Waals surface area contributed by atoms with E-state index in [4.69, 9.17) is 0 Å². The molecule has 0 spiro atoms. The van der Waals surface area contributed by atoms with E-state index in [9.17, 15) is 4.39 Å². The summed E-state index contributed by atoms with van der Waals surface area (Å²) in [4.78, 5) is 2.21. The minimum Gasteiger partial charge on any atom is -0.315 e. The van der Waals surface area contributed by atoms with Crippen LogP contribution in [0.1, 0.15) is 39.3 Å². The van der Waals surface area contributed by atoms with Crippen molar-refractivity contribution in [3.8, 4) is 0 Å². The van der Waals surface area contributed by atoms with Crippen LogP contribution in [0.2, 0.25) is 0 Å². The summed E-state index contributed by atoms with van der Waals surface area (Å²) in [5.74, 6) is 0.533. The van der Waals surface area contributed by atoms with Gasteiger partial charge in [-0.1, -0.05) is 32.0 Å². The molecule has 1 rings (SSSR count). The second-order valence-corrected chi connectivity index (χ2v) is 5.76. The molecule has 2 atom stereocenters. The molecule has 1 aromatic carbocycles. The summed E-state index contributed by atoms with van der Waals surface area (Å²) >= 11 is 0. The summed E-state index contributed by atoms with van der Waals surface area (Å²) in [6.45, 7) is 10.6. The minimum absolute atomic E-state index is 0.0806. The van der Waals surface area contributed by atoms with Crippen LogP contribution >= 0.6 is 0 Å². The van der Waals surface area contributed by atoms with Crippen molar-refractivity contribution in [1.82, 2.24) is 10.2 Å². The van der Waals surface area contributed by atoms with Crippen LogP contribution in [-0.2, 0) is 0 Å². The molecule has 0 fully saturated rings. The molecule has 0 aliphatic heterocycles. The molecule has 0 aromatic heterocycles. The summed E-state index contributed by atoms with van der Waals surface area (Å²) < 4.78 is 13.8. The number of hydrogen-bond donors (Lipinski definition) is 1. The Morgan fingerprint density at radius 1 is 1.11 bits per heavy atom. The van der Waals surface area contributed by atoms with Gasteiger partial charge in [-0.05, 0) is 39.4 Å². The summed E-state index contributed by atoms with van der Waals surface area (Å²) in [7, 11) is 2.05. The van der Waals surface area contributed by atoms with Crippen LogP contribution in [0.3, 0.4) is 0 Å². The predicted octanol–water partition coefficient (Wildman–Crippen LogP) is 3.45. The van der Waals surface area contributed by atoms with E-state index in [1.165, 1.54) is 6.07 Å². The van der Waals surface area contributed by atoms with Gasteiger partial charge in [-0.3, -0.25) is 4.90 Å². The lowest BCUT2D eigenvalue weighted by atomic mass is 10.1. The van der Waals surface area contributed by atoms with Gasteiger partial charge >= 0.3 is 0 Å². The van der Waals surface area contributed by atoms with E-state index in [1.807, 2.05) is 12.1 Å². The maximum Gasteiger partial charge on any atom is 0.127 e. The summed E-state index contributed by atoms with van der Waals surface area (Å²) in [5.41, 5.74) is 0.765. The van der Waals surface area contributed by atoms with Gasteiger partial charge in [-0.25, -0.2) is 4.39 Å². The van der Waals surface area contributed by atoms with Crippen molar-refractivity contribution >= 4 is 0 Å². The number of nitrogens with zero attached hydrogens (tertiary/aromatic N) is 1. The van der Waals surface area contributed by atoms with E-state index in [-0.39, 0.29) is 11.9 Å². The third-order valence-corrected chi connectivity index (χ3v) is 3.65. The van der Waals surface area contributed by atoms with Crippen molar-refractivity contribution in [1.29, 1.82) is 0 Å². The van der Waals surface area contributed by atoms with Gasteiger partial charge in [0.05, 0.1) is 0 Å². The lowest BCUT2D eigenvalue weighted by Crippen LogP contribution is -2.40. The molecule has 0 bridgehead atoms. The number of nitrogens with one attached hydrogen (secondary N) is 1. The van der Waals surface area contributed by atoms with Gasteiger partial charge in [0.1, 0.15) is 5.82 Å². The normalized spacial score (nSPS) is 14.9. The van der Waals surface area contributed by atoms with Gasteiger partial charge in [0.25, 0.3) is 0 Å². The second-order valence-electron chi connectivity index (χ2n) is 5.76.